The fraction of sp³-hybridized carbons (Fsp3) is 0.429. The van der Waals surface area contributed by atoms with Crippen molar-refractivity contribution in [2.45, 2.75) is 26.9 Å². The molecule has 1 atom stereocenters. The number of carbonyl (C=O) groups is 2. The molecular weight excluding hydrogens is 246 g/mol. The molecule has 1 rings (SSSR count). The van der Waals surface area contributed by atoms with Crippen molar-refractivity contribution >= 4 is 17.6 Å². The second-order valence-corrected chi connectivity index (χ2v) is 4.22. The van der Waals surface area contributed by atoms with Gasteiger partial charge in [0, 0.05) is 12.2 Å². The van der Waals surface area contributed by atoms with Crippen LogP contribution in [-0.4, -0.2) is 36.2 Å². The highest BCUT2D eigenvalue weighted by Gasteiger charge is 2.18. The number of hydrogen-bond acceptors (Lipinski definition) is 3. The number of para-hydroxylation sites is 1. The Bertz CT molecular complexity index is 459. The maximum absolute atomic E-state index is 12.1. The first-order valence-corrected chi connectivity index (χ1v) is 6.17. The summed E-state index contributed by atoms with van der Waals surface area (Å²) in [7, 11) is 0. The molecule has 0 radical (unpaired) electrons. The number of aliphatic carboxylic acids is 1. The van der Waals surface area contributed by atoms with E-state index in [1.54, 1.807) is 4.90 Å². The number of carboxylic acid groups (broad SMARTS) is 1. The van der Waals surface area contributed by atoms with E-state index in [-0.39, 0.29) is 12.5 Å². The van der Waals surface area contributed by atoms with E-state index in [0.29, 0.717) is 6.54 Å². The first-order valence-electron chi connectivity index (χ1n) is 6.17. The van der Waals surface area contributed by atoms with Crippen molar-refractivity contribution in [2.75, 3.05) is 18.1 Å². The number of ether oxygens (including phenoxy) is 1. The second kappa shape index (κ2) is 6.89. The third-order valence-electron chi connectivity index (χ3n) is 2.83. The van der Waals surface area contributed by atoms with E-state index < -0.39 is 12.1 Å². The van der Waals surface area contributed by atoms with Crippen LogP contribution in [0.15, 0.2) is 24.3 Å². The molecule has 0 aliphatic carbocycles. The first-order chi connectivity index (χ1) is 8.97. The smallest absolute Gasteiger partial charge is 0.332 e. The summed E-state index contributed by atoms with van der Waals surface area (Å²) in [5, 5.41) is 8.70. The molecule has 0 spiro atoms. The molecule has 0 aliphatic heterocycles. The quantitative estimate of drug-likeness (QED) is 0.852. The van der Waals surface area contributed by atoms with Crippen molar-refractivity contribution in [1.82, 2.24) is 0 Å². The highest BCUT2D eigenvalue weighted by atomic mass is 16.5. The summed E-state index contributed by atoms with van der Waals surface area (Å²) in [5.41, 5.74) is 1.81. The van der Waals surface area contributed by atoms with Gasteiger partial charge in [0.25, 0.3) is 5.91 Å². The zero-order chi connectivity index (χ0) is 14.4. The van der Waals surface area contributed by atoms with Crippen LogP contribution in [0.5, 0.6) is 0 Å². The minimum absolute atomic E-state index is 0.240. The van der Waals surface area contributed by atoms with E-state index in [9.17, 15) is 9.59 Å². The molecule has 0 heterocycles. The molecule has 5 nitrogen and oxygen atoms in total. The van der Waals surface area contributed by atoms with Gasteiger partial charge in [-0.3, -0.25) is 4.79 Å². The number of benzene rings is 1. The molecule has 1 aromatic carbocycles. The van der Waals surface area contributed by atoms with E-state index in [1.165, 1.54) is 6.92 Å². The standard InChI is InChI=1S/C14H19NO4/c1-4-15(12-8-6-5-7-10(12)2)13(16)9-19-11(3)14(17)18/h5-8,11H,4,9H2,1-3H3,(H,17,18)/t11-/m1/s1. The van der Waals surface area contributed by atoms with Gasteiger partial charge in [0.15, 0.2) is 6.10 Å². The normalized spacial score (nSPS) is 11.9. The van der Waals surface area contributed by atoms with E-state index in [1.807, 2.05) is 38.1 Å². The van der Waals surface area contributed by atoms with Gasteiger partial charge in [-0.25, -0.2) is 4.79 Å². The largest absolute Gasteiger partial charge is 0.479 e. The van der Waals surface area contributed by atoms with Crippen molar-refractivity contribution in [3.63, 3.8) is 0 Å². The minimum atomic E-state index is -1.08. The Kier molecular flexibility index (Phi) is 5.51. The van der Waals surface area contributed by atoms with Crippen LogP contribution >= 0.6 is 0 Å². The van der Waals surface area contributed by atoms with Gasteiger partial charge < -0.3 is 14.7 Å². The number of nitrogens with zero attached hydrogens (tertiary/aromatic N) is 1. The van der Waals surface area contributed by atoms with Gasteiger partial charge in [0.1, 0.15) is 6.61 Å². The summed E-state index contributed by atoms with van der Waals surface area (Å²) >= 11 is 0. The predicted octanol–water partition coefficient (Wildman–Crippen LogP) is 1.84. The maximum Gasteiger partial charge on any atom is 0.332 e. The van der Waals surface area contributed by atoms with E-state index in [4.69, 9.17) is 9.84 Å². The van der Waals surface area contributed by atoms with Crippen LogP contribution in [0, 0.1) is 6.92 Å². The summed E-state index contributed by atoms with van der Waals surface area (Å²) in [4.78, 5) is 24.3. The maximum atomic E-state index is 12.1. The molecule has 1 amide bonds. The van der Waals surface area contributed by atoms with E-state index in [2.05, 4.69) is 0 Å². The lowest BCUT2D eigenvalue weighted by Crippen LogP contribution is -2.36. The number of carboxylic acids is 1. The Balaban J connectivity index is 2.73. The van der Waals surface area contributed by atoms with Crippen LogP contribution < -0.4 is 4.90 Å². The van der Waals surface area contributed by atoms with Crippen molar-refractivity contribution < 1.29 is 19.4 Å². The molecule has 0 saturated carbocycles. The lowest BCUT2D eigenvalue weighted by Gasteiger charge is -2.23. The molecule has 1 N–H and O–H groups in total. The monoisotopic (exact) mass is 265 g/mol. The van der Waals surface area contributed by atoms with Gasteiger partial charge in [-0.1, -0.05) is 18.2 Å². The summed E-state index contributed by atoms with van der Waals surface area (Å²) in [6.07, 6.45) is -0.987. The Morgan fingerprint density at radius 2 is 2.00 bits per heavy atom. The summed E-state index contributed by atoms with van der Waals surface area (Å²) < 4.78 is 5.02. The Labute approximate surface area is 112 Å². The van der Waals surface area contributed by atoms with Gasteiger partial charge in [-0.15, -0.1) is 0 Å². The van der Waals surface area contributed by atoms with Gasteiger partial charge >= 0.3 is 5.97 Å². The topological polar surface area (TPSA) is 66.8 Å². The van der Waals surface area contributed by atoms with E-state index >= 15 is 0 Å². The van der Waals surface area contributed by atoms with Crippen molar-refractivity contribution in [2.24, 2.45) is 0 Å². The van der Waals surface area contributed by atoms with E-state index in [0.717, 1.165) is 11.3 Å². The third kappa shape index (κ3) is 4.06. The lowest BCUT2D eigenvalue weighted by atomic mass is 10.2. The predicted molar refractivity (Wildman–Crippen MR) is 72.3 cm³/mol. The molecule has 0 unspecified atom stereocenters. The number of anilines is 1. The Morgan fingerprint density at radius 3 is 2.53 bits per heavy atom. The van der Waals surface area contributed by atoms with Crippen LogP contribution in [-0.2, 0) is 14.3 Å². The van der Waals surface area contributed by atoms with Gasteiger partial charge in [0.2, 0.25) is 0 Å². The van der Waals surface area contributed by atoms with Gasteiger partial charge in [-0.2, -0.15) is 0 Å². The number of likely N-dealkylation sites (N-methyl/N-ethyl adjacent to an activating group) is 1. The number of rotatable bonds is 6. The highest BCUT2D eigenvalue weighted by molar-refractivity contribution is 5.95. The SMILES string of the molecule is CCN(C(=O)CO[C@H](C)C(=O)O)c1ccccc1C. The van der Waals surface area contributed by atoms with Crippen LogP contribution in [0.2, 0.25) is 0 Å². The fourth-order valence-corrected chi connectivity index (χ4v) is 1.69. The molecule has 0 aromatic heterocycles. The molecule has 104 valence electrons. The average Bonchev–Trinajstić information content (AvgIpc) is 2.38. The fourth-order valence-electron chi connectivity index (χ4n) is 1.69. The zero-order valence-corrected chi connectivity index (χ0v) is 11.4. The summed E-state index contributed by atoms with van der Waals surface area (Å²) in [6.45, 7) is 5.46. The Hall–Kier alpha value is -1.88. The third-order valence-corrected chi connectivity index (χ3v) is 2.83. The lowest BCUT2D eigenvalue weighted by molar-refractivity contribution is -0.150. The van der Waals surface area contributed by atoms with Crippen LogP contribution in [0.3, 0.4) is 0 Å². The van der Waals surface area contributed by atoms with Gasteiger partial charge in [-0.05, 0) is 32.4 Å². The Morgan fingerprint density at radius 1 is 1.37 bits per heavy atom. The molecule has 0 saturated heterocycles. The van der Waals surface area contributed by atoms with Crippen molar-refractivity contribution in [3.8, 4) is 0 Å². The minimum Gasteiger partial charge on any atom is -0.479 e. The average molecular weight is 265 g/mol. The first kappa shape index (κ1) is 15.2. The van der Waals surface area contributed by atoms with Crippen LogP contribution in [0.1, 0.15) is 19.4 Å². The van der Waals surface area contributed by atoms with Crippen LogP contribution in [0.25, 0.3) is 0 Å². The van der Waals surface area contributed by atoms with Crippen LogP contribution in [0.4, 0.5) is 5.69 Å². The number of aryl methyl sites for hydroxylation is 1. The summed E-state index contributed by atoms with van der Waals surface area (Å²) in [6, 6.07) is 7.54. The summed E-state index contributed by atoms with van der Waals surface area (Å²) in [5.74, 6) is -1.32. The van der Waals surface area contributed by atoms with Gasteiger partial charge in [0.05, 0.1) is 0 Å². The highest BCUT2D eigenvalue weighted by Crippen LogP contribution is 2.19. The molecule has 0 bridgehead atoms. The molecule has 19 heavy (non-hydrogen) atoms. The molecular formula is C14H19NO4. The van der Waals surface area contributed by atoms with Crippen molar-refractivity contribution in [1.29, 1.82) is 0 Å². The molecule has 1 aromatic rings. The number of amides is 1. The molecule has 0 fully saturated rings. The number of carbonyl (C=O) groups excluding carboxylic acids is 1. The number of hydrogen-bond donors (Lipinski definition) is 1. The molecule has 0 aliphatic rings. The van der Waals surface area contributed by atoms with Crippen molar-refractivity contribution in [3.05, 3.63) is 29.8 Å². The second-order valence-electron chi connectivity index (χ2n) is 4.22. The zero-order valence-electron chi connectivity index (χ0n) is 11.4. The molecule has 5 heteroatoms.